The van der Waals surface area contributed by atoms with Crippen molar-refractivity contribution in [3.05, 3.63) is 23.8 Å². The summed E-state index contributed by atoms with van der Waals surface area (Å²) in [5, 5.41) is 0. The molecule has 6 nitrogen and oxygen atoms in total. The van der Waals surface area contributed by atoms with Crippen molar-refractivity contribution in [2.75, 3.05) is 20.8 Å². The molecule has 0 spiro atoms. The molecular formula is C16H20O6. The molecule has 1 atom stereocenters. The Morgan fingerprint density at radius 2 is 1.82 bits per heavy atom. The van der Waals surface area contributed by atoms with Crippen molar-refractivity contribution < 1.29 is 28.6 Å². The summed E-state index contributed by atoms with van der Waals surface area (Å²) in [4.78, 5) is 35.7. The lowest BCUT2D eigenvalue weighted by Crippen LogP contribution is -2.27. The Kier molecular flexibility index (Phi) is 6.56. The number of carbonyl (C=O) groups excluding carboxylic acids is 3. The minimum Gasteiger partial charge on any atom is -0.497 e. The highest BCUT2D eigenvalue weighted by Gasteiger charge is 2.29. The summed E-state index contributed by atoms with van der Waals surface area (Å²) < 4.78 is 15.1. The third-order valence-electron chi connectivity index (χ3n) is 3.16. The summed E-state index contributed by atoms with van der Waals surface area (Å²) >= 11 is 0. The Balaban J connectivity index is 2.99. The summed E-state index contributed by atoms with van der Waals surface area (Å²) in [5.74, 6) is -1.68. The molecule has 0 saturated heterocycles. The van der Waals surface area contributed by atoms with Crippen LogP contribution < -0.4 is 9.47 Å². The average Bonchev–Trinajstić information content (AvgIpc) is 2.51. The average molecular weight is 308 g/mol. The Hall–Kier alpha value is -2.37. The smallest absolute Gasteiger partial charge is 0.316 e. The second-order valence-electron chi connectivity index (χ2n) is 4.61. The number of ether oxygens (including phenoxy) is 3. The fourth-order valence-corrected chi connectivity index (χ4v) is 1.96. The van der Waals surface area contributed by atoms with Gasteiger partial charge in [0.05, 0.1) is 26.4 Å². The van der Waals surface area contributed by atoms with Gasteiger partial charge in [0.15, 0.2) is 5.78 Å². The van der Waals surface area contributed by atoms with Gasteiger partial charge in [-0.2, -0.15) is 0 Å². The number of esters is 1. The highest BCUT2D eigenvalue weighted by Crippen LogP contribution is 2.27. The van der Waals surface area contributed by atoms with Crippen molar-refractivity contribution in [2.45, 2.75) is 20.3 Å². The number of hydrogen-bond donors (Lipinski definition) is 0. The van der Waals surface area contributed by atoms with Gasteiger partial charge in [-0.1, -0.05) is 0 Å². The van der Waals surface area contributed by atoms with Gasteiger partial charge in [-0.05, 0) is 26.0 Å². The maximum Gasteiger partial charge on any atom is 0.316 e. The molecule has 0 amide bonds. The van der Waals surface area contributed by atoms with E-state index in [0.717, 1.165) is 0 Å². The van der Waals surface area contributed by atoms with E-state index < -0.39 is 17.7 Å². The lowest BCUT2D eigenvalue weighted by Gasteiger charge is -2.13. The van der Waals surface area contributed by atoms with Crippen molar-refractivity contribution in [3.63, 3.8) is 0 Å². The van der Waals surface area contributed by atoms with Crippen LogP contribution in [0.3, 0.4) is 0 Å². The van der Waals surface area contributed by atoms with Gasteiger partial charge in [-0.15, -0.1) is 0 Å². The number of carbonyl (C=O) groups is 3. The zero-order valence-corrected chi connectivity index (χ0v) is 13.2. The second-order valence-corrected chi connectivity index (χ2v) is 4.61. The molecule has 0 aliphatic heterocycles. The molecule has 0 aromatic heterocycles. The van der Waals surface area contributed by atoms with E-state index in [1.165, 1.54) is 21.1 Å². The Morgan fingerprint density at radius 3 is 2.32 bits per heavy atom. The summed E-state index contributed by atoms with van der Waals surface area (Å²) in [6.07, 6.45) is -0.253. The van der Waals surface area contributed by atoms with Crippen LogP contribution in [0.15, 0.2) is 18.2 Å². The maximum absolute atomic E-state index is 12.4. The fraction of sp³-hybridized carbons (Fsp3) is 0.438. The predicted molar refractivity (Wildman–Crippen MR) is 79.3 cm³/mol. The van der Waals surface area contributed by atoms with E-state index in [4.69, 9.17) is 14.2 Å². The van der Waals surface area contributed by atoms with Crippen molar-refractivity contribution in [1.82, 2.24) is 0 Å². The number of rotatable bonds is 8. The number of benzene rings is 1. The molecule has 0 saturated carbocycles. The van der Waals surface area contributed by atoms with Gasteiger partial charge in [0.1, 0.15) is 23.2 Å². The van der Waals surface area contributed by atoms with E-state index in [2.05, 4.69) is 0 Å². The third-order valence-corrected chi connectivity index (χ3v) is 3.16. The highest BCUT2D eigenvalue weighted by atomic mass is 16.5. The zero-order chi connectivity index (χ0) is 16.7. The Bertz CT molecular complexity index is 564. The van der Waals surface area contributed by atoms with Gasteiger partial charge in [0.2, 0.25) is 0 Å². The molecule has 22 heavy (non-hydrogen) atoms. The van der Waals surface area contributed by atoms with Crippen molar-refractivity contribution in [3.8, 4) is 11.5 Å². The normalized spacial score (nSPS) is 11.5. The molecule has 1 rings (SSSR count). The molecule has 0 aliphatic carbocycles. The lowest BCUT2D eigenvalue weighted by molar-refractivity contribution is -0.151. The van der Waals surface area contributed by atoms with E-state index >= 15 is 0 Å². The van der Waals surface area contributed by atoms with Crippen LogP contribution in [0.2, 0.25) is 0 Å². The largest absolute Gasteiger partial charge is 0.497 e. The molecule has 120 valence electrons. The fourth-order valence-electron chi connectivity index (χ4n) is 1.96. The lowest BCUT2D eigenvalue weighted by atomic mass is 9.94. The number of ketones is 2. The molecule has 1 unspecified atom stereocenters. The van der Waals surface area contributed by atoms with Crippen molar-refractivity contribution in [2.24, 2.45) is 5.92 Å². The zero-order valence-electron chi connectivity index (χ0n) is 13.2. The molecular weight excluding hydrogens is 288 g/mol. The number of methoxy groups -OCH3 is 2. The van der Waals surface area contributed by atoms with E-state index in [0.29, 0.717) is 17.1 Å². The topological polar surface area (TPSA) is 78.9 Å². The first-order chi connectivity index (χ1) is 10.4. The van der Waals surface area contributed by atoms with Crippen molar-refractivity contribution in [1.29, 1.82) is 0 Å². The van der Waals surface area contributed by atoms with Gasteiger partial charge in [-0.3, -0.25) is 14.4 Å². The molecule has 0 heterocycles. The van der Waals surface area contributed by atoms with Crippen LogP contribution in [-0.2, 0) is 14.3 Å². The van der Waals surface area contributed by atoms with Crippen LogP contribution in [0.1, 0.15) is 30.6 Å². The van der Waals surface area contributed by atoms with Gasteiger partial charge in [-0.25, -0.2) is 0 Å². The van der Waals surface area contributed by atoms with Crippen molar-refractivity contribution >= 4 is 17.5 Å². The monoisotopic (exact) mass is 308 g/mol. The molecule has 6 heteroatoms. The molecule has 0 aliphatic rings. The van der Waals surface area contributed by atoms with E-state index in [-0.39, 0.29) is 18.8 Å². The Morgan fingerprint density at radius 1 is 1.14 bits per heavy atom. The summed E-state index contributed by atoms with van der Waals surface area (Å²) in [7, 11) is 2.93. The number of hydrogen-bond acceptors (Lipinski definition) is 6. The summed E-state index contributed by atoms with van der Waals surface area (Å²) in [6, 6.07) is 4.73. The van der Waals surface area contributed by atoms with Gasteiger partial charge < -0.3 is 14.2 Å². The van der Waals surface area contributed by atoms with Crippen LogP contribution in [0.5, 0.6) is 11.5 Å². The standard InChI is InChI=1S/C16H20O6/c1-5-22-16(19)13(10(2)17)9-14(18)12-7-6-11(20-3)8-15(12)21-4/h6-8,13H,5,9H2,1-4H3. The van der Waals surface area contributed by atoms with Crippen LogP contribution in [0, 0.1) is 5.92 Å². The van der Waals surface area contributed by atoms with E-state index in [1.54, 1.807) is 25.1 Å². The molecule has 0 radical (unpaired) electrons. The molecule has 1 aromatic rings. The molecule has 0 N–H and O–H groups in total. The summed E-state index contributed by atoms with van der Waals surface area (Å²) in [6.45, 7) is 3.06. The van der Waals surface area contributed by atoms with Crippen LogP contribution in [0.4, 0.5) is 0 Å². The van der Waals surface area contributed by atoms with Crippen LogP contribution in [0.25, 0.3) is 0 Å². The number of Topliss-reactive ketones (excluding diaryl/α,β-unsaturated/α-hetero) is 2. The quantitative estimate of drug-likeness (QED) is 0.415. The first kappa shape index (κ1) is 17.7. The second kappa shape index (κ2) is 8.17. The Labute approximate surface area is 129 Å². The summed E-state index contributed by atoms with van der Waals surface area (Å²) in [5.41, 5.74) is 0.291. The minimum atomic E-state index is -1.10. The highest BCUT2D eigenvalue weighted by molar-refractivity contribution is 6.06. The first-order valence-electron chi connectivity index (χ1n) is 6.86. The van der Waals surface area contributed by atoms with Gasteiger partial charge >= 0.3 is 5.97 Å². The van der Waals surface area contributed by atoms with E-state index in [1.807, 2.05) is 0 Å². The SMILES string of the molecule is CCOC(=O)C(CC(=O)c1ccc(OC)cc1OC)C(C)=O. The third kappa shape index (κ3) is 4.31. The first-order valence-corrected chi connectivity index (χ1v) is 6.86. The molecule has 0 bridgehead atoms. The molecule has 1 aromatic carbocycles. The van der Waals surface area contributed by atoms with Gasteiger partial charge in [0, 0.05) is 12.5 Å². The molecule has 0 fully saturated rings. The predicted octanol–water partition coefficient (Wildman–Crippen LogP) is 2.04. The van der Waals surface area contributed by atoms with Gasteiger partial charge in [0.25, 0.3) is 0 Å². The van der Waals surface area contributed by atoms with Crippen LogP contribution >= 0.6 is 0 Å². The minimum absolute atomic E-state index is 0.155. The maximum atomic E-state index is 12.4. The van der Waals surface area contributed by atoms with Crippen LogP contribution in [-0.4, -0.2) is 38.4 Å². The van der Waals surface area contributed by atoms with E-state index in [9.17, 15) is 14.4 Å².